The fourth-order valence-electron chi connectivity index (χ4n) is 2.13. The number of hydrogen-bond donors (Lipinski definition) is 2. The SMILES string of the molecule is CCCC(CCC)C(=O)NC(=O)CNc1ccccc1. The van der Waals surface area contributed by atoms with Crippen molar-refractivity contribution < 1.29 is 9.59 Å². The molecule has 0 spiro atoms. The number of benzene rings is 1. The number of imide groups is 1. The monoisotopic (exact) mass is 276 g/mol. The molecule has 0 saturated carbocycles. The van der Waals surface area contributed by atoms with Gasteiger partial charge >= 0.3 is 0 Å². The van der Waals surface area contributed by atoms with Gasteiger partial charge in [0.2, 0.25) is 11.8 Å². The van der Waals surface area contributed by atoms with Crippen molar-refractivity contribution in [2.75, 3.05) is 11.9 Å². The van der Waals surface area contributed by atoms with E-state index in [1.807, 2.05) is 30.3 Å². The van der Waals surface area contributed by atoms with Crippen molar-refractivity contribution in [2.45, 2.75) is 39.5 Å². The van der Waals surface area contributed by atoms with E-state index < -0.39 is 0 Å². The first-order chi connectivity index (χ1) is 9.67. The summed E-state index contributed by atoms with van der Waals surface area (Å²) in [4.78, 5) is 23.7. The van der Waals surface area contributed by atoms with E-state index in [0.717, 1.165) is 31.4 Å². The van der Waals surface area contributed by atoms with Gasteiger partial charge < -0.3 is 5.32 Å². The standard InChI is InChI=1S/C16H24N2O2/c1-3-8-13(9-4-2)16(20)18-15(19)12-17-14-10-6-5-7-11-14/h5-7,10-11,13,17H,3-4,8-9,12H2,1-2H3,(H,18,19,20). The van der Waals surface area contributed by atoms with Crippen molar-refractivity contribution >= 4 is 17.5 Å². The molecule has 4 nitrogen and oxygen atoms in total. The fourth-order valence-corrected chi connectivity index (χ4v) is 2.13. The maximum atomic E-state index is 12.0. The predicted molar refractivity (Wildman–Crippen MR) is 81.4 cm³/mol. The molecule has 110 valence electrons. The molecule has 0 heterocycles. The van der Waals surface area contributed by atoms with Crippen LogP contribution in [0.2, 0.25) is 0 Å². The summed E-state index contributed by atoms with van der Waals surface area (Å²) in [6, 6.07) is 9.46. The number of para-hydroxylation sites is 1. The summed E-state index contributed by atoms with van der Waals surface area (Å²) in [6.07, 6.45) is 3.57. The molecule has 0 aromatic heterocycles. The first-order valence-corrected chi connectivity index (χ1v) is 7.30. The summed E-state index contributed by atoms with van der Waals surface area (Å²) in [5.41, 5.74) is 0.869. The molecule has 20 heavy (non-hydrogen) atoms. The van der Waals surface area contributed by atoms with Gasteiger partial charge in [-0.05, 0) is 25.0 Å². The molecule has 1 rings (SSSR count). The van der Waals surface area contributed by atoms with Gasteiger partial charge in [-0.25, -0.2) is 0 Å². The summed E-state index contributed by atoms with van der Waals surface area (Å²) in [6.45, 7) is 4.21. The number of rotatable bonds is 8. The van der Waals surface area contributed by atoms with Crippen LogP contribution >= 0.6 is 0 Å². The molecule has 0 aliphatic rings. The molecule has 0 unspecified atom stereocenters. The molecule has 0 aliphatic heterocycles. The topological polar surface area (TPSA) is 58.2 Å². The van der Waals surface area contributed by atoms with E-state index in [1.54, 1.807) is 0 Å². The highest BCUT2D eigenvalue weighted by molar-refractivity contribution is 5.97. The van der Waals surface area contributed by atoms with Gasteiger partial charge in [0, 0.05) is 11.6 Å². The zero-order chi connectivity index (χ0) is 14.8. The lowest BCUT2D eigenvalue weighted by atomic mass is 9.97. The second-order valence-corrected chi connectivity index (χ2v) is 4.91. The summed E-state index contributed by atoms with van der Waals surface area (Å²) in [5, 5.41) is 5.47. The normalized spacial score (nSPS) is 10.3. The second kappa shape index (κ2) is 9.13. The lowest BCUT2D eigenvalue weighted by molar-refractivity contribution is -0.132. The minimum Gasteiger partial charge on any atom is -0.376 e. The van der Waals surface area contributed by atoms with E-state index in [4.69, 9.17) is 0 Å². The van der Waals surface area contributed by atoms with Gasteiger partial charge in [0.1, 0.15) is 0 Å². The predicted octanol–water partition coefficient (Wildman–Crippen LogP) is 2.96. The quantitative estimate of drug-likeness (QED) is 0.767. The van der Waals surface area contributed by atoms with E-state index >= 15 is 0 Å². The second-order valence-electron chi connectivity index (χ2n) is 4.91. The first kappa shape index (κ1) is 16.2. The number of anilines is 1. The van der Waals surface area contributed by atoms with Crippen LogP contribution in [0.4, 0.5) is 5.69 Å². The van der Waals surface area contributed by atoms with Crippen molar-refractivity contribution in [1.29, 1.82) is 0 Å². The van der Waals surface area contributed by atoms with Crippen LogP contribution in [0.3, 0.4) is 0 Å². The Morgan fingerprint density at radius 1 is 1.05 bits per heavy atom. The molecule has 2 amide bonds. The van der Waals surface area contributed by atoms with E-state index in [0.29, 0.717) is 0 Å². The number of hydrogen-bond acceptors (Lipinski definition) is 3. The van der Waals surface area contributed by atoms with Crippen LogP contribution in [0.1, 0.15) is 39.5 Å². The fraction of sp³-hybridized carbons (Fsp3) is 0.500. The highest BCUT2D eigenvalue weighted by Crippen LogP contribution is 2.13. The third-order valence-electron chi connectivity index (χ3n) is 3.13. The highest BCUT2D eigenvalue weighted by Gasteiger charge is 2.18. The van der Waals surface area contributed by atoms with Gasteiger partial charge in [-0.1, -0.05) is 44.9 Å². The molecule has 2 N–H and O–H groups in total. The van der Waals surface area contributed by atoms with Gasteiger partial charge in [0.05, 0.1) is 6.54 Å². The average molecular weight is 276 g/mol. The van der Waals surface area contributed by atoms with Gasteiger partial charge in [0.15, 0.2) is 0 Å². The van der Waals surface area contributed by atoms with Crippen LogP contribution in [0.25, 0.3) is 0 Å². The molecule has 0 bridgehead atoms. The molecule has 0 saturated heterocycles. The van der Waals surface area contributed by atoms with E-state index in [9.17, 15) is 9.59 Å². The van der Waals surface area contributed by atoms with Crippen molar-refractivity contribution in [3.8, 4) is 0 Å². The highest BCUT2D eigenvalue weighted by atomic mass is 16.2. The summed E-state index contributed by atoms with van der Waals surface area (Å²) in [5.74, 6) is -0.477. The smallest absolute Gasteiger partial charge is 0.245 e. The Kier molecular flexibility index (Phi) is 7.40. The molecule has 0 radical (unpaired) electrons. The number of amides is 2. The molecule has 4 heteroatoms. The maximum absolute atomic E-state index is 12.0. The maximum Gasteiger partial charge on any atom is 0.245 e. The lowest BCUT2D eigenvalue weighted by Crippen LogP contribution is -2.39. The number of carbonyl (C=O) groups excluding carboxylic acids is 2. The Balaban J connectivity index is 2.38. The van der Waals surface area contributed by atoms with Crippen LogP contribution in [-0.2, 0) is 9.59 Å². The van der Waals surface area contributed by atoms with Crippen molar-refractivity contribution in [2.24, 2.45) is 5.92 Å². The third-order valence-corrected chi connectivity index (χ3v) is 3.13. The van der Waals surface area contributed by atoms with Crippen molar-refractivity contribution in [3.63, 3.8) is 0 Å². The summed E-state index contributed by atoms with van der Waals surface area (Å²) in [7, 11) is 0. The molecular formula is C16H24N2O2. The zero-order valence-corrected chi connectivity index (χ0v) is 12.3. The van der Waals surface area contributed by atoms with Gasteiger partial charge in [-0.2, -0.15) is 0 Å². The Hall–Kier alpha value is -1.84. The first-order valence-electron chi connectivity index (χ1n) is 7.30. The van der Waals surface area contributed by atoms with E-state index in [-0.39, 0.29) is 24.3 Å². The third kappa shape index (κ3) is 5.87. The van der Waals surface area contributed by atoms with Crippen molar-refractivity contribution in [1.82, 2.24) is 5.32 Å². The van der Waals surface area contributed by atoms with Gasteiger partial charge in [-0.3, -0.25) is 14.9 Å². The van der Waals surface area contributed by atoms with E-state index in [2.05, 4.69) is 24.5 Å². The van der Waals surface area contributed by atoms with Gasteiger partial charge in [-0.15, -0.1) is 0 Å². The lowest BCUT2D eigenvalue weighted by Gasteiger charge is -2.14. The number of nitrogens with one attached hydrogen (secondary N) is 2. The summed E-state index contributed by atoms with van der Waals surface area (Å²) < 4.78 is 0. The van der Waals surface area contributed by atoms with Crippen LogP contribution in [0.5, 0.6) is 0 Å². The molecule has 0 fully saturated rings. The van der Waals surface area contributed by atoms with Crippen LogP contribution < -0.4 is 10.6 Å². The Morgan fingerprint density at radius 2 is 1.65 bits per heavy atom. The summed E-state index contributed by atoms with van der Waals surface area (Å²) >= 11 is 0. The largest absolute Gasteiger partial charge is 0.376 e. The Morgan fingerprint density at radius 3 is 2.20 bits per heavy atom. The Bertz CT molecular complexity index is 412. The molecule has 0 atom stereocenters. The van der Waals surface area contributed by atoms with Crippen molar-refractivity contribution in [3.05, 3.63) is 30.3 Å². The van der Waals surface area contributed by atoms with Crippen LogP contribution in [-0.4, -0.2) is 18.4 Å². The van der Waals surface area contributed by atoms with Crippen LogP contribution in [0.15, 0.2) is 30.3 Å². The van der Waals surface area contributed by atoms with Crippen LogP contribution in [0, 0.1) is 5.92 Å². The molecular weight excluding hydrogens is 252 g/mol. The minimum absolute atomic E-state index is 0.0503. The molecule has 1 aromatic carbocycles. The van der Waals surface area contributed by atoms with E-state index in [1.165, 1.54) is 0 Å². The molecule has 0 aliphatic carbocycles. The molecule has 1 aromatic rings. The minimum atomic E-state index is -0.281. The average Bonchev–Trinajstić information content (AvgIpc) is 2.46. The number of carbonyl (C=O) groups is 2. The Labute approximate surface area is 121 Å². The zero-order valence-electron chi connectivity index (χ0n) is 12.3. The van der Waals surface area contributed by atoms with Gasteiger partial charge in [0.25, 0.3) is 0 Å².